The Labute approximate surface area is 115 Å². The molecule has 0 saturated carbocycles. The molecule has 0 aliphatic carbocycles. The monoisotopic (exact) mass is 269 g/mol. The van der Waals surface area contributed by atoms with Crippen molar-refractivity contribution in [2.24, 2.45) is 7.05 Å². The van der Waals surface area contributed by atoms with Crippen LogP contribution in [-0.4, -0.2) is 25.8 Å². The number of rotatable bonds is 2. The zero-order chi connectivity index (χ0) is 14.4. The van der Waals surface area contributed by atoms with Crippen molar-refractivity contribution in [1.29, 1.82) is 0 Å². The van der Waals surface area contributed by atoms with Gasteiger partial charge < -0.3 is 9.67 Å². The molecule has 0 bridgehead atoms. The highest BCUT2D eigenvalue weighted by Crippen LogP contribution is 2.36. The van der Waals surface area contributed by atoms with E-state index in [0.29, 0.717) is 5.69 Å². The molecule has 5 nitrogen and oxygen atoms in total. The van der Waals surface area contributed by atoms with Gasteiger partial charge in [0.1, 0.15) is 5.56 Å². The lowest BCUT2D eigenvalue weighted by Crippen LogP contribution is -1.98. The summed E-state index contributed by atoms with van der Waals surface area (Å²) in [5.41, 5.74) is 4.89. The first-order valence-electron chi connectivity index (χ1n) is 6.34. The number of carboxylic acid groups (broad SMARTS) is 1. The lowest BCUT2D eigenvalue weighted by molar-refractivity contribution is 0.0698. The molecule has 0 atom stereocenters. The van der Waals surface area contributed by atoms with Gasteiger partial charge in [-0.1, -0.05) is 12.1 Å². The van der Waals surface area contributed by atoms with E-state index in [1.165, 1.54) is 6.20 Å². The molecule has 3 rings (SSSR count). The van der Waals surface area contributed by atoms with Gasteiger partial charge in [0.25, 0.3) is 0 Å². The third-order valence-electron chi connectivity index (χ3n) is 3.85. The van der Waals surface area contributed by atoms with E-state index < -0.39 is 5.97 Å². The van der Waals surface area contributed by atoms with Gasteiger partial charge in [-0.05, 0) is 25.5 Å². The van der Waals surface area contributed by atoms with E-state index in [2.05, 4.69) is 14.8 Å². The van der Waals surface area contributed by atoms with Gasteiger partial charge in [0, 0.05) is 29.2 Å². The highest BCUT2D eigenvalue weighted by molar-refractivity contribution is 6.04. The van der Waals surface area contributed by atoms with Gasteiger partial charge in [-0.3, -0.25) is 5.10 Å². The number of carboxylic acids is 1. The van der Waals surface area contributed by atoms with Gasteiger partial charge in [0.15, 0.2) is 0 Å². The van der Waals surface area contributed by atoms with Gasteiger partial charge >= 0.3 is 5.97 Å². The molecule has 3 aromatic rings. The zero-order valence-electron chi connectivity index (χ0n) is 11.6. The summed E-state index contributed by atoms with van der Waals surface area (Å²) < 4.78 is 2.07. The smallest absolute Gasteiger partial charge is 0.339 e. The molecule has 0 fully saturated rings. The fraction of sp³-hybridized carbons (Fsp3) is 0.200. The minimum absolute atomic E-state index is 0.198. The minimum Gasteiger partial charge on any atom is -0.478 e. The van der Waals surface area contributed by atoms with Crippen molar-refractivity contribution in [2.75, 3.05) is 0 Å². The van der Waals surface area contributed by atoms with Crippen molar-refractivity contribution in [3.8, 4) is 11.3 Å². The van der Waals surface area contributed by atoms with Crippen molar-refractivity contribution in [1.82, 2.24) is 14.8 Å². The molecule has 102 valence electrons. The van der Waals surface area contributed by atoms with Crippen molar-refractivity contribution in [3.05, 3.63) is 41.2 Å². The number of hydrogen-bond acceptors (Lipinski definition) is 2. The molecule has 0 unspecified atom stereocenters. The van der Waals surface area contributed by atoms with E-state index in [1.807, 2.05) is 39.1 Å². The fourth-order valence-corrected chi connectivity index (χ4v) is 2.73. The maximum Gasteiger partial charge on any atom is 0.339 e. The second-order valence-corrected chi connectivity index (χ2v) is 4.95. The molecular formula is C15H15N3O2. The van der Waals surface area contributed by atoms with Crippen LogP contribution in [0.15, 0.2) is 24.4 Å². The van der Waals surface area contributed by atoms with Crippen LogP contribution in [0.2, 0.25) is 0 Å². The van der Waals surface area contributed by atoms with Crippen LogP contribution in [0.25, 0.3) is 22.2 Å². The standard InChI is InChI=1S/C15H15N3O2/c1-8-5-4-6-11-12(8)13(9(2)18(11)3)14-10(15(19)20)7-16-17-14/h4-7H,1-3H3,(H,16,17)(H,19,20). The third-order valence-corrected chi connectivity index (χ3v) is 3.85. The summed E-state index contributed by atoms with van der Waals surface area (Å²) in [4.78, 5) is 11.3. The van der Waals surface area contributed by atoms with Gasteiger partial charge in [0.05, 0.1) is 11.9 Å². The summed E-state index contributed by atoms with van der Waals surface area (Å²) in [7, 11) is 1.98. The highest BCUT2D eigenvalue weighted by Gasteiger charge is 2.21. The second-order valence-electron chi connectivity index (χ2n) is 4.95. The fourth-order valence-electron chi connectivity index (χ4n) is 2.73. The first-order chi connectivity index (χ1) is 9.52. The van der Waals surface area contributed by atoms with Crippen molar-refractivity contribution in [2.45, 2.75) is 13.8 Å². The first kappa shape index (κ1) is 12.5. The number of aromatic amines is 1. The van der Waals surface area contributed by atoms with Crippen molar-refractivity contribution in [3.63, 3.8) is 0 Å². The quantitative estimate of drug-likeness (QED) is 0.751. The molecule has 0 aliphatic heterocycles. The molecule has 2 N–H and O–H groups in total. The number of aryl methyl sites for hydroxylation is 2. The number of aromatic nitrogens is 3. The van der Waals surface area contributed by atoms with Gasteiger partial charge in [-0.2, -0.15) is 5.10 Å². The molecule has 0 radical (unpaired) electrons. The first-order valence-corrected chi connectivity index (χ1v) is 6.34. The molecule has 0 saturated heterocycles. The normalized spacial score (nSPS) is 11.2. The van der Waals surface area contributed by atoms with Crippen LogP contribution in [0.5, 0.6) is 0 Å². The topological polar surface area (TPSA) is 70.9 Å². The summed E-state index contributed by atoms with van der Waals surface area (Å²) in [6, 6.07) is 6.07. The SMILES string of the molecule is Cc1cccc2c1c(-c1[nH]ncc1C(=O)O)c(C)n2C. The van der Waals surface area contributed by atoms with Crippen LogP contribution in [0.4, 0.5) is 0 Å². The van der Waals surface area contributed by atoms with Crippen LogP contribution in [0.3, 0.4) is 0 Å². The third kappa shape index (κ3) is 1.56. The van der Waals surface area contributed by atoms with E-state index in [4.69, 9.17) is 0 Å². The van der Waals surface area contributed by atoms with E-state index >= 15 is 0 Å². The van der Waals surface area contributed by atoms with Gasteiger partial charge in [-0.25, -0.2) is 4.79 Å². The summed E-state index contributed by atoms with van der Waals surface area (Å²) in [6.07, 6.45) is 1.36. The Kier molecular flexibility index (Phi) is 2.64. The maximum atomic E-state index is 11.3. The molecule has 2 heterocycles. The summed E-state index contributed by atoms with van der Waals surface area (Å²) >= 11 is 0. The Balaban J connectivity index is 2.45. The Hall–Kier alpha value is -2.56. The number of nitrogens with one attached hydrogen (secondary N) is 1. The Morgan fingerprint density at radius 3 is 2.80 bits per heavy atom. The number of carbonyl (C=O) groups is 1. The summed E-state index contributed by atoms with van der Waals surface area (Å²) in [5, 5.41) is 17.1. The number of H-pyrrole nitrogens is 1. The minimum atomic E-state index is -0.973. The average Bonchev–Trinajstić information content (AvgIpc) is 2.97. The Morgan fingerprint density at radius 1 is 1.35 bits per heavy atom. The molecule has 0 amide bonds. The van der Waals surface area contributed by atoms with Crippen LogP contribution in [0, 0.1) is 13.8 Å². The van der Waals surface area contributed by atoms with E-state index in [9.17, 15) is 9.90 Å². The van der Waals surface area contributed by atoms with Gasteiger partial charge in [-0.15, -0.1) is 0 Å². The van der Waals surface area contributed by atoms with Crippen LogP contribution >= 0.6 is 0 Å². The zero-order valence-corrected chi connectivity index (χ0v) is 11.6. The summed E-state index contributed by atoms with van der Waals surface area (Å²) in [6.45, 7) is 4.02. The molecule has 0 aliphatic rings. The molecule has 1 aromatic carbocycles. The van der Waals surface area contributed by atoms with E-state index in [0.717, 1.165) is 27.7 Å². The van der Waals surface area contributed by atoms with Crippen LogP contribution in [0.1, 0.15) is 21.6 Å². The summed E-state index contributed by atoms with van der Waals surface area (Å²) in [5.74, 6) is -0.973. The lowest BCUT2D eigenvalue weighted by atomic mass is 10.0. The number of aromatic carboxylic acids is 1. The molecule has 5 heteroatoms. The number of nitrogens with zero attached hydrogens (tertiary/aromatic N) is 2. The number of benzene rings is 1. The molecule has 2 aromatic heterocycles. The highest BCUT2D eigenvalue weighted by atomic mass is 16.4. The van der Waals surface area contributed by atoms with E-state index in [1.54, 1.807) is 0 Å². The number of hydrogen-bond donors (Lipinski definition) is 2. The lowest BCUT2D eigenvalue weighted by Gasteiger charge is -2.03. The van der Waals surface area contributed by atoms with Crippen LogP contribution < -0.4 is 0 Å². The molecule has 0 spiro atoms. The second kappa shape index (κ2) is 4.23. The predicted octanol–water partition coefficient (Wildman–Crippen LogP) is 2.88. The molecular weight excluding hydrogens is 254 g/mol. The Morgan fingerprint density at radius 2 is 2.10 bits per heavy atom. The Bertz CT molecular complexity index is 827. The molecule has 20 heavy (non-hydrogen) atoms. The average molecular weight is 269 g/mol. The largest absolute Gasteiger partial charge is 0.478 e. The predicted molar refractivity (Wildman–Crippen MR) is 76.9 cm³/mol. The van der Waals surface area contributed by atoms with Crippen molar-refractivity contribution < 1.29 is 9.90 Å². The number of fused-ring (bicyclic) bond motifs is 1. The van der Waals surface area contributed by atoms with Crippen molar-refractivity contribution >= 4 is 16.9 Å². The van der Waals surface area contributed by atoms with Crippen LogP contribution in [-0.2, 0) is 7.05 Å². The van der Waals surface area contributed by atoms with E-state index in [-0.39, 0.29) is 5.56 Å². The maximum absolute atomic E-state index is 11.3. The van der Waals surface area contributed by atoms with Gasteiger partial charge in [0.2, 0.25) is 0 Å².